The molecule has 0 saturated heterocycles. The maximum Gasteiger partial charge on any atom is 0.287 e. The fourth-order valence-electron chi connectivity index (χ4n) is 2.46. The molecule has 1 heterocycles. The van der Waals surface area contributed by atoms with Gasteiger partial charge >= 0.3 is 0 Å². The number of hydrogen-bond donors (Lipinski definition) is 0. The van der Waals surface area contributed by atoms with Gasteiger partial charge in [-0.3, -0.25) is 4.79 Å². The summed E-state index contributed by atoms with van der Waals surface area (Å²) in [4.78, 5) is 13.1. The zero-order valence-electron chi connectivity index (χ0n) is 13.7. The largest absolute Gasteiger partial charge is 0.287 e. The second kappa shape index (κ2) is 6.33. The van der Waals surface area contributed by atoms with Gasteiger partial charge in [0.25, 0.3) is 5.56 Å². The quantitative estimate of drug-likeness (QED) is 0.743. The minimum absolute atomic E-state index is 0.228. The van der Waals surface area contributed by atoms with Gasteiger partial charge in [-0.15, -0.1) is 11.8 Å². The SMILES string of the molecule is CC(C)(C)n1ncc(SCc2ccc(C3CC3)cc2)c(Cl)c1=O. The Morgan fingerprint density at radius 2 is 1.91 bits per heavy atom. The van der Waals surface area contributed by atoms with Gasteiger partial charge in [-0.25, -0.2) is 4.68 Å². The van der Waals surface area contributed by atoms with Crippen molar-refractivity contribution in [3.63, 3.8) is 0 Å². The number of rotatable bonds is 4. The van der Waals surface area contributed by atoms with Crippen LogP contribution in [0.15, 0.2) is 40.2 Å². The third-order valence-electron chi connectivity index (χ3n) is 3.95. The molecule has 0 spiro atoms. The molecule has 122 valence electrons. The molecule has 0 atom stereocenters. The normalized spacial score (nSPS) is 15.0. The van der Waals surface area contributed by atoms with Crippen LogP contribution in [0.5, 0.6) is 0 Å². The molecule has 1 saturated carbocycles. The molecule has 23 heavy (non-hydrogen) atoms. The lowest BCUT2D eigenvalue weighted by Crippen LogP contribution is -2.36. The Labute approximate surface area is 146 Å². The molecule has 1 aliphatic rings. The summed E-state index contributed by atoms with van der Waals surface area (Å²) in [6.45, 7) is 5.81. The highest BCUT2D eigenvalue weighted by Gasteiger charge is 2.23. The number of nitrogens with zero attached hydrogens (tertiary/aromatic N) is 2. The zero-order valence-corrected chi connectivity index (χ0v) is 15.2. The van der Waals surface area contributed by atoms with Gasteiger partial charge in [-0.2, -0.15) is 5.10 Å². The molecule has 0 aliphatic heterocycles. The van der Waals surface area contributed by atoms with Crippen molar-refractivity contribution in [2.24, 2.45) is 0 Å². The monoisotopic (exact) mass is 348 g/mol. The topological polar surface area (TPSA) is 34.9 Å². The van der Waals surface area contributed by atoms with Crippen LogP contribution < -0.4 is 5.56 Å². The van der Waals surface area contributed by atoms with E-state index in [1.807, 2.05) is 20.8 Å². The molecule has 1 aliphatic carbocycles. The van der Waals surface area contributed by atoms with Crippen LogP contribution in [0.1, 0.15) is 50.7 Å². The van der Waals surface area contributed by atoms with Crippen molar-refractivity contribution in [2.45, 2.75) is 55.7 Å². The number of halogens is 1. The average molecular weight is 349 g/mol. The molecule has 0 unspecified atom stereocenters. The maximum absolute atomic E-state index is 12.3. The summed E-state index contributed by atoms with van der Waals surface area (Å²) in [5.41, 5.74) is 2.07. The van der Waals surface area contributed by atoms with Crippen molar-refractivity contribution in [3.8, 4) is 0 Å². The first kappa shape index (κ1) is 16.6. The van der Waals surface area contributed by atoms with E-state index in [0.29, 0.717) is 0 Å². The van der Waals surface area contributed by atoms with E-state index in [1.54, 1.807) is 18.0 Å². The summed E-state index contributed by atoms with van der Waals surface area (Å²) in [5, 5.41) is 4.53. The Bertz CT molecular complexity index is 758. The number of thioether (sulfide) groups is 1. The highest BCUT2D eigenvalue weighted by Crippen LogP contribution is 2.40. The Hall–Kier alpha value is -1.26. The first-order chi connectivity index (χ1) is 10.9. The van der Waals surface area contributed by atoms with Crippen LogP contribution >= 0.6 is 23.4 Å². The zero-order chi connectivity index (χ0) is 16.6. The fraction of sp³-hybridized carbons (Fsp3) is 0.444. The summed E-state index contributed by atoms with van der Waals surface area (Å²) in [6, 6.07) is 8.76. The van der Waals surface area contributed by atoms with Crippen LogP contribution in [-0.2, 0) is 11.3 Å². The lowest BCUT2D eigenvalue weighted by atomic mass is 10.1. The van der Waals surface area contributed by atoms with E-state index in [9.17, 15) is 4.79 Å². The Balaban J connectivity index is 1.73. The van der Waals surface area contributed by atoms with E-state index in [-0.39, 0.29) is 16.1 Å². The molecule has 0 bridgehead atoms. The van der Waals surface area contributed by atoms with Crippen LogP contribution in [0.4, 0.5) is 0 Å². The molecular weight excluding hydrogens is 328 g/mol. The summed E-state index contributed by atoms with van der Waals surface area (Å²) in [6.07, 6.45) is 4.33. The van der Waals surface area contributed by atoms with Crippen molar-refractivity contribution in [3.05, 3.63) is 57.0 Å². The Morgan fingerprint density at radius 1 is 1.26 bits per heavy atom. The van der Waals surface area contributed by atoms with Crippen LogP contribution in [0.3, 0.4) is 0 Å². The first-order valence-electron chi connectivity index (χ1n) is 7.86. The third-order valence-corrected chi connectivity index (χ3v) is 5.52. The van der Waals surface area contributed by atoms with E-state index in [0.717, 1.165) is 16.6 Å². The van der Waals surface area contributed by atoms with Gasteiger partial charge in [0, 0.05) is 5.75 Å². The lowest BCUT2D eigenvalue weighted by molar-refractivity contribution is 0.336. The predicted molar refractivity (Wildman–Crippen MR) is 96.5 cm³/mol. The second-order valence-electron chi connectivity index (χ2n) is 7.02. The molecule has 0 N–H and O–H groups in total. The fourth-order valence-corrected chi connectivity index (χ4v) is 3.60. The molecule has 0 radical (unpaired) electrons. The maximum atomic E-state index is 12.3. The molecule has 5 heteroatoms. The van der Waals surface area contributed by atoms with Crippen LogP contribution in [0.25, 0.3) is 0 Å². The first-order valence-corrected chi connectivity index (χ1v) is 9.22. The van der Waals surface area contributed by atoms with E-state index >= 15 is 0 Å². The van der Waals surface area contributed by atoms with Gasteiger partial charge in [0.1, 0.15) is 5.02 Å². The molecule has 0 amide bonds. The Kier molecular flexibility index (Phi) is 4.56. The van der Waals surface area contributed by atoms with Crippen LogP contribution in [0.2, 0.25) is 5.02 Å². The molecule has 1 aromatic heterocycles. The van der Waals surface area contributed by atoms with Gasteiger partial charge in [-0.05, 0) is 50.7 Å². The molecule has 1 aromatic carbocycles. The number of aromatic nitrogens is 2. The van der Waals surface area contributed by atoms with Crippen molar-refractivity contribution in [1.29, 1.82) is 0 Å². The third kappa shape index (κ3) is 3.81. The van der Waals surface area contributed by atoms with Crippen molar-refractivity contribution in [2.75, 3.05) is 0 Å². The minimum atomic E-state index is -0.372. The van der Waals surface area contributed by atoms with E-state index in [4.69, 9.17) is 11.6 Å². The summed E-state index contributed by atoms with van der Waals surface area (Å²) in [5.74, 6) is 1.56. The van der Waals surface area contributed by atoms with E-state index in [2.05, 4.69) is 29.4 Å². The highest BCUT2D eigenvalue weighted by molar-refractivity contribution is 7.98. The molecule has 3 nitrogen and oxygen atoms in total. The summed E-state index contributed by atoms with van der Waals surface area (Å²) in [7, 11) is 0. The van der Waals surface area contributed by atoms with Crippen molar-refractivity contribution >= 4 is 23.4 Å². The van der Waals surface area contributed by atoms with Crippen molar-refractivity contribution in [1.82, 2.24) is 9.78 Å². The second-order valence-corrected chi connectivity index (χ2v) is 8.41. The van der Waals surface area contributed by atoms with Gasteiger partial charge in [0.15, 0.2) is 0 Å². The van der Waals surface area contributed by atoms with Gasteiger partial charge in [0.2, 0.25) is 0 Å². The highest BCUT2D eigenvalue weighted by atomic mass is 35.5. The number of benzene rings is 1. The van der Waals surface area contributed by atoms with Gasteiger partial charge in [0.05, 0.1) is 16.6 Å². The Morgan fingerprint density at radius 3 is 2.48 bits per heavy atom. The minimum Gasteiger partial charge on any atom is -0.266 e. The van der Waals surface area contributed by atoms with Gasteiger partial charge < -0.3 is 0 Å². The molecule has 2 aromatic rings. The average Bonchev–Trinajstić information content (AvgIpc) is 3.33. The smallest absolute Gasteiger partial charge is 0.266 e. The molecule has 1 fully saturated rings. The predicted octanol–water partition coefficient (Wildman–Crippen LogP) is 4.82. The van der Waals surface area contributed by atoms with Crippen molar-refractivity contribution < 1.29 is 0 Å². The summed E-state index contributed by atoms with van der Waals surface area (Å²) < 4.78 is 1.43. The molecular formula is C18H21ClN2OS. The van der Waals surface area contributed by atoms with Crippen LogP contribution in [0, 0.1) is 0 Å². The van der Waals surface area contributed by atoms with Crippen LogP contribution in [-0.4, -0.2) is 9.78 Å². The molecule has 3 rings (SSSR count). The van der Waals surface area contributed by atoms with Gasteiger partial charge in [-0.1, -0.05) is 35.9 Å². The number of hydrogen-bond acceptors (Lipinski definition) is 3. The summed E-state index contributed by atoms with van der Waals surface area (Å²) >= 11 is 7.81. The lowest BCUT2D eigenvalue weighted by Gasteiger charge is -2.21. The van der Waals surface area contributed by atoms with E-state index < -0.39 is 0 Å². The van der Waals surface area contributed by atoms with E-state index in [1.165, 1.54) is 28.7 Å². The standard InChI is InChI=1S/C18H21ClN2OS/c1-18(2,3)21-17(22)16(19)15(10-20-21)23-11-12-4-6-13(7-5-12)14-8-9-14/h4-7,10,14H,8-9,11H2,1-3H3.